The minimum absolute atomic E-state index is 0.278. The first-order valence-electron chi connectivity index (χ1n) is 10.6. The van der Waals surface area contributed by atoms with Gasteiger partial charge in [-0.05, 0) is 54.1 Å². The number of carbonyl (C=O) groups is 1. The standard InChI is InChI=1S/C24H22ClN5O3/c25-18-3-5-19(6-4-18)30-21(22-2-1-11-33-22)15-20(28-30)24(31)27-16-17-7-8-26-23(14-17)29-9-12-32-13-10-29/h1-8,11,14-15H,9-10,12-13,16H2,(H,27,31). The van der Waals surface area contributed by atoms with Gasteiger partial charge in [-0.1, -0.05) is 11.6 Å². The molecule has 0 aliphatic carbocycles. The highest BCUT2D eigenvalue weighted by atomic mass is 35.5. The summed E-state index contributed by atoms with van der Waals surface area (Å²) in [5, 5.41) is 8.11. The Morgan fingerprint density at radius 2 is 1.91 bits per heavy atom. The van der Waals surface area contributed by atoms with Crippen LogP contribution in [0.3, 0.4) is 0 Å². The van der Waals surface area contributed by atoms with Gasteiger partial charge < -0.3 is 19.4 Å². The number of hydrogen-bond acceptors (Lipinski definition) is 6. The van der Waals surface area contributed by atoms with Crippen molar-refractivity contribution in [2.75, 3.05) is 31.2 Å². The molecule has 0 bridgehead atoms. The number of aromatic nitrogens is 3. The summed E-state index contributed by atoms with van der Waals surface area (Å²) in [6.45, 7) is 3.36. The molecule has 4 aromatic rings. The number of nitrogens with zero attached hydrogens (tertiary/aromatic N) is 4. The van der Waals surface area contributed by atoms with Crippen LogP contribution in [0.15, 0.2) is 71.5 Å². The number of carbonyl (C=O) groups excluding carboxylic acids is 1. The van der Waals surface area contributed by atoms with Crippen LogP contribution in [0, 0.1) is 0 Å². The zero-order valence-corrected chi connectivity index (χ0v) is 18.5. The number of morpholine rings is 1. The average molecular weight is 464 g/mol. The smallest absolute Gasteiger partial charge is 0.272 e. The molecule has 4 heterocycles. The van der Waals surface area contributed by atoms with E-state index in [0.717, 1.165) is 30.2 Å². The molecule has 1 saturated heterocycles. The van der Waals surface area contributed by atoms with Gasteiger partial charge in [0.25, 0.3) is 5.91 Å². The van der Waals surface area contributed by atoms with Gasteiger partial charge in [0.2, 0.25) is 0 Å². The number of pyridine rings is 1. The number of rotatable bonds is 6. The van der Waals surface area contributed by atoms with Crippen LogP contribution < -0.4 is 10.2 Å². The summed E-state index contributed by atoms with van der Waals surface area (Å²) in [5.74, 6) is 1.22. The summed E-state index contributed by atoms with van der Waals surface area (Å²) in [6.07, 6.45) is 3.35. The zero-order chi connectivity index (χ0) is 22.6. The maximum atomic E-state index is 12.9. The molecule has 0 atom stereocenters. The number of amides is 1. The van der Waals surface area contributed by atoms with Gasteiger partial charge in [0.1, 0.15) is 11.5 Å². The second kappa shape index (κ2) is 9.48. The summed E-state index contributed by atoms with van der Waals surface area (Å²) >= 11 is 6.03. The van der Waals surface area contributed by atoms with Crippen LogP contribution in [-0.4, -0.2) is 47.0 Å². The van der Waals surface area contributed by atoms with Gasteiger partial charge in [-0.25, -0.2) is 9.67 Å². The lowest BCUT2D eigenvalue weighted by Crippen LogP contribution is -2.36. The van der Waals surface area contributed by atoms with Crippen LogP contribution >= 0.6 is 11.6 Å². The predicted octanol–water partition coefficient (Wildman–Crippen LogP) is 3.95. The van der Waals surface area contributed by atoms with Crippen molar-refractivity contribution in [3.63, 3.8) is 0 Å². The van der Waals surface area contributed by atoms with Gasteiger partial charge >= 0.3 is 0 Å². The molecule has 1 aliphatic rings. The highest BCUT2D eigenvalue weighted by Gasteiger charge is 2.19. The molecule has 0 radical (unpaired) electrons. The number of ether oxygens (including phenoxy) is 1. The highest BCUT2D eigenvalue weighted by molar-refractivity contribution is 6.30. The molecule has 1 fully saturated rings. The summed E-state index contributed by atoms with van der Waals surface area (Å²) in [6, 6.07) is 16.5. The molecule has 0 unspecified atom stereocenters. The van der Waals surface area contributed by atoms with Crippen molar-refractivity contribution in [1.82, 2.24) is 20.1 Å². The van der Waals surface area contributed by atoms with E-state index in [-0.39, 0.29) is 5.91 Å². The molecule has 0 spiro atoms. The fraction of sp³-hybridized carbons (Fsp3) is 0.208. The first kappa shape index (κ1) is 21.2. The number of benzene rings is 1. The van der Waals surface area contributed by atoms with E-state index in [1.165, 1.54) is 0 Å². The van der Waals surface area contributed by atoms with E-state index in [4.69, 9.17) is 20.8 Å². The topological polar surface area (TPSA) is 85.4 Å². The fourth-order valence-electron chi connectivity index (χ4n) is 3.68. The third kappa shape index (κ3) is 4.76. The Kier molecular flexibility index (Phi) is 6.10. The third-order valence-corrected chi connectivity index (χ3v) is 5.64. The summed E-state index contributed by atoms with van der Waals surface area (Å²) in [7, 11) is 0. The molecule has 1 N–H and O–H groups in total. The van der Waals surface area contributed by atoms with Gasteiger partial charge in [-0.3, -0.25) is 4.79 Å². The monoisotopic (exact) mass is 463 g/mol. The highest BCUT2D eigenvalue weighted by Crippen LogP contribution is 2.25. The van der Waals surface area contributed by atoms with Crippen LogP contribution in [0.5, 0.6) is 0 Å². The van der Waals surface area contributed by atoms with Gasteiger partial charge in [0, 0.05) is 36.9 Å². The Bertz CT molecular complexity index is 1230. The van der Waals surface area contributed by atoms with E-state index >= 15 is 0 Å². The third-order valence-electron chi connectivity index (χ3n) is 5.38. The van der Waals surface area contributed by atoms with Gasteiger partial charge in [0.05, 0.1) is 25.2 Å². The summed E-state index contributed by atoms with van der Waals surface area (Å²) in [4.78, 5) is 19.6. The first-order valence-corrected chi connectivity index (χ1v) is 11.0. The van der Waals surface area contributed by atoms with E-state index < -0.39 is 0 Å². The molecule has 5 rings (SSSR count). The van der Waals surface area contributed by atoms with E-state index in [2.05, 4.69) is 20.3 Å². The molecule has 3 aromatic heterocycles. The van der Waals surface area contributed by atoms with Crippen LogP contribution in [0.4, 0.5) is 5.82 Å². The maximum Gasteiger partial charge on any atom is 0.272 e. The van der Waals surface area contributed by atoms with E-state index in [1.807, 2.05) is 30.3 Å². The van der Waals surface area contributed by atoms with Crippen molar-refractivity contribution in [3.05, 3.63) is 83.3 Å². The summed E-state index contributed by atoms with van der Waals surface area (Å²) < 4.78 is 12.6. The average Bonchev–Trinajstić information content (AvgIpc) is 3.54. The Morgan fingerprint density at radius 3 is 2.67 bits per heavy atom. The lowest BCUT2D eigenvalue weighted by molar-refractivity contribution is 0.0945. The number of hydrogen-bond donors (Lipinski definition) is 1. The van der Waals surface area contributed by atoms with Gasteiger partial charge in [0.15, 0.2) is 11.5 Å². The lowest BCUT2D eigenvalue weighted by Gasteiger charge is -2.28. The Balaban J connectivity index is 1.35. The summed E-state index contributed by atoms with van der Waals surface area (Å²) in [5.41, 5.74) is 2.70. The van der Waals surface area contributed by atoms with Crippen LogP contribution in [0.2, 0.25) is 5.02 Å². The second-order valence-corrected chi connectivity index (χ2v) is 8.02. The number of nitrogens with one attached hydrogen (secondary N) is 1. The maximum absolute atomic E-state index is 12.9. The van der Waals surface area contributed by atoms with Crippen molar-refractivity contribution >= 4 is 23.3 Å². The predicted molar refractivity (Wildman–Crippen MR) is 125 cm³/mol. The second-order valence-electron chi connectivity index (χ2n) is 7.58. The Labute approximate surface area is 195 Å². The van der Waals surface area contributed by atoms with E-state index in [9.17, 15) is 4.79 Å². The van der Waals surface area contributed by atoms with E-state index in [0.29, 0.717) is 41.9 Å². The van der Waals surface area contributed by atoms with Crippen molar-refractivity contribution < 1.29 is 13.9 Å². The van der Waals surface area contributed by atoms with Crippen molar-refractivity contribution in [2.24, 2.45) is 0 Å². The zero-order valence-electron chi connectivity index (χ0n) is 17.8. The molecule has 1 amide bonds. The number of halogens is 1. The quantitative estimate of drug-likeness (QED) is 0.466. The normalized spacial score (nSPS) is 13.8. The molecule has 0 saturated carbocycles. The van der Waals surface area contributed by atoms with Crippen LogP contribution in [-0.2, 0) is 11.3 Å². The first-order chi connectivity index (χ1) is 16.2. The molecule has 8 nitrogen and oxygen atoms in total. The van der Waals surface area contributed by atoms with Crippen LogP contribution in [0.25, 0.3) is 17.1 Å². The van der Waals surface area contributed by atoms with Crippen LogP contribution in [0.1, 0.15) is 16.1 Å². The minimum atomic E-state index is -0.278. The SMILES string of the molecule is O=C(NCc1ccnc(N2CCOCC2)c1)c1cc(-c2ccco2)n(-c2ccc(Cl)cc2)n1. The van der Waals surface area contributed by atoms with Crippen molar-refractivity contribution in [2.45, 2.75) is 6.54 Å². The molecule has 1 aromatic carbocycles. The fourth-order valence-corrected chi connectivity index (χ4v) is 3.81. The molecule has 168 valence electrons. The number of anilines is 1. The molecule has 9 heteroatoms. The van der Waals surface area contributed by atoms with Gasteiger partial charge in [-0.2, -0.15) is 5.10 Å². The van der Waals surface area contributed by atoms with Crippen molar-refractivity contribution in [3.8, 4) is 17.1 Å². The van der Waals surface area contributed by atoms with E-state index in [1.54, 1.807) is 41.4 Å². The molecule has 1 aliphatic heterocycles. The Hall–Kier alpha value is -3.62. The Morgan fingerprint density at radius 1 is 1.09 bits per heavy atom. The number of furan rings is 1. The molecular formula is C24H22ClN5O3. The largest absolute Gasteiger partial charge is 0.463 e. The molecular weight excluding hydrogens is 442 g/mol. The molecule has 33 heavy (non-hydrogen) atoms. The lowest BCUT2D eigenvalue weighted by atomic mass is 10.2. The van der Waals surface area contributed by atoms with Crippen molar-refractivity contribution in [1.29, 1.82) is 0 Å². The van der Waals surface area contributed by atoms with Gasteiger partial charge in [-0.15, -0.1) is 0 Å². The minimum Gasteiger partial charge on any atom is -0.463 e.